The summed E-state index contributed by atoms with van der Waals surface area (Å²) in [6.07, 6.45) is 0. The standard InChI is InChI=1S/C10H8.C3H10GeO3/c1-2-6-10-8-4-3-7-9(10)5-1;1-5-4(6-2)7-3/h1-8H;4H,1-3H3. The van der Waals surface area contributed by atoms with Gasteiger partial charge in [0.2, 0.25) is 0 Å². The van der Waals surface area contributed by atoms with Crippen LogP contribution in [0.2, 0.25) is 0 Å². The van der Waals surface area contributed by atoms with Crippen LogP contribution in [0.1, 0.15) is 0 Å². The van der Waals surface area contributed by atoms with Gasteiger partial charge in [0.25, 0.3) is 0 Å². The second-order valence-corrected chi connectivity index (χ2v) is 7.52. The van der Waals surface area contributed by atoms with E-state index < -0.39 is 15.4 Å². The molecule has 0 spiro atoms. The van der Waals surface area contributed by atoms with Gasteiger partial charge in [0.15, 0.2) is 0 Å². The molecule has 0 atom stereocenters. The molecular formula is C13H18GeO3. The Morgan fingerprint density at radius 1 is 0.647 bits per heavy atom. The van der Waals surface area contributed by atoms with E-state index in [9.17, 15) is 0 Å². The fraction of sp³-hybridized carbons (Fsp3) is 0.231. The van der Waals surface area contributed by atoms with E-state index in [0.717, 1.165) is 0 Å². The first-order valence-corrected chi connectivity index (χ1v) is 8.30. The molecule has 0 aliphatic heterocycles. The van der Waals surface area contributed by atoms with Crippen molar-refractivity contribution in [1.82, 2.24) is 0 Å². The Bertz CT molecular complexity index is 359. The molecular weight excluding hydrogens is 277 g/mol. The molecule has 0 N–H and O–H groups in total. The Balaban J connectivity index is 0.000000185. The zero-order chi connectivity index (χ0) is 12.5. The summed E-state index contributed by atoms with van der Waals surface area (Å²) in [4.78, 5) is 0. The molecule has 92 valence electrons. The Hall–Kier alpha value is -0.877. The Morgan fingerprint density at radius 2 is 0.941 bits per heavy atom. The van der Waals surface area contributed by atoms with Gasteiger partial charge in [-0.25, -0.2) is 0 Å². The monoisotopic (exact) mass is 296 g/mol. The third kappa shape index (κ3) is 4.87. The summed E-state index contributed by atoms with van der Waals surface area (Å²) < 4.78 is 14.4. The van der Waals surface area contributed by atoms with Crippen molar-refractivity contribution in [3.8, 4) is 0 Å². The van der Waals surface area contributed by atoms with Crippen LogP contribution in [0.4, 0.5) is 0 Å². The van der Waals surface area contributed by atoms with Crippen molar-refractivity contribution in [3.63, 3.8) is 0 Å². The summed E-state index contributed by atoms with van der Waals surface area (Å²) in [6, 6.07) is 16.7. The first-order valence-electron chi connectivity index (χ1n) is 5.34. The SMILES string of the molecule is C[O][GeH]([O]C)[O]C.c1ccc2ccccc2c1. The first-order chi connectivity index (χ1) is 8.31. The van der Waals surface area contributed by atoms with Gasteiger partial charge in [-0.15, -0.1) is 0 Å². The van der Waals surface area contributed by atoms with Crippen LogP contribution in [0.3, 0.4) is 0 Å². The summed E-state index contributed by atoms with van der Waals surface area (Å²) in [5.74, 6) is 0. The Kier molecular flexibility index (Phi) is 6.88. The van der Waals surface area contributed by atoms with Gasteiger partial charge in [-0.05, 0) is 10.8 Å². The van der Waals surface area contributed by atoms with E-state index in [2.05, 4.69) is 48.5 Å². The van der Waals surface area contributed by atoms with Crippen molar-refractivity contribution in [2.75, 3.05) is 21.3 Å². The minimum Gasteiger partial charge on any atom is -0.0616 e. The molecule has 0 aromatic heterocycles. The minimum atomic E-state index is -2.08. The van der Waals surface area contributed by atoms with Gasteiger partial charge in [0.05, 0.1) is 0 Å². The predicted octanol–water partition coefficient (Wildman–Crippen LogP) is 2.48. The van der Waals surface area contributed by atoms with E-state index in [-0.39, 0.29) is 0 Å². The van der Waals surface area contributed by atoms with Crippen LogP contribution >= 0.6 is 0 Å². The molecule has 0 radical (unpaired) electrons. The van der Waals surface area contributed by atoms with E-state index in [1.807, 2.05) is 0 Å². The van der Waals surface area contributed by atoms with Gasteiger partial charge >= 0.3 is 48.0 Å². The molecule has 3 nitrogen and oxygen atoms in total. The Labute approximate surface area is 107 Å². The summed E-state index contributed by atoms with van der Waals surface area (Å²) in [6.45, 7) is 0. The van der Waals surface area contributed by atoms with Gasteiger partial charge in [0.1, 0.15) is 0 Å². The second-order valence-electron chi connectivity index (χ2n) is 3.34. The average Bonchev–Trinajstić information content (AvgIpc) is 2.42. The van der Waals surface area contributed by atoms with Gasteiger partial charge in [0, 0.05) is 0 Å². The van der Waals surface area contributed by atoms with Crippen molar-refractivity contribution in [3.05, 3.63) is 48.5 Å². The average molecular weight is 295 g/mol. The van der Waals surface area contributed by atoms with Crippen molar-refractivity contribution < 1.29 is 11.3 Å². The summed E-state index contributed by atoms with van der Waals surface area (Å²) >= 11 is -2.08. The molecule has 0 saturated heterocycles. The fourth-order valence-corrected chi connectivity index (χ4v) is 2.63. The van der Waals surface area contributed by atoms with Crippen LogP contribution in [0, 0.1) is 0 Å². The third-order valence-corrected chi connectivity index (χ3v) is 4.66. The topological polar surface area (TPSA) is 27.7 Å². The normalized spacial score (nSPS) is 10.1. The quantitative estimate of drug-likeness (QED) is 0.814. The number of hydrogen-bond donors (Lipinski definition) is 0. The zero-order valence-corrected chi connectivity index (χ0v) is 12.8. The molecule has 0 aliphatic rings. The Morgan fingerprint density at radius 3 is 1.12 bits per heavy atom. The third-order valence-electron chi connectivity index (χ3n) is 2.24. The van der Waals surface area contributed by atoms with Gasteiger partial charge in [-0.1, -0.05) is 48.5 Å². The first kappa shape index (κ1) is 14.2. The van der Waals surface area contributed by atoms with Crippen LogP contribution in [0.25, 0.3) is 10.8 Å². The molecule has 0 amide bonds. The molecule has 0 aliphatic carbocycles. The maximum atomic E-state index is 4.79. The van der Waals surface area contributed by atoms with Gasteiger partial charge in [-0.3, -0.25) is 0 Å². The summed E-state index contributed by atoms with van der Waals surface area (Å²) in [5.41, 5.74) is 0. The molecule has 0 saturated carbocycles. The summed E-state index contributed by atoms with van der Waals surface area (Å²) in [5, 5.41) is 2.62. The smallest absolute Gasteiger partial charge is 0.0184 e. The van der Waals surface area contributed by atoms with Gasteiger partial charge in [-0.2, -0.15) is 0 Å². The van der Waals surface area contributed by atoms with Crippen molar-refractivity contribution in [2.45, 2.75) is 0 Å². The van der Waals surface area contributed by atoms with E-state index >= 15 is 0 Å². The van der Waals surface area contributed by atoms with Crippen molar-refractivity contribution in [1.29, 1.82) is 0 Å². The van der Waals surface area contributed by atoms with Gasteiger partial charge < -0.3 is 0 Å². The van der Waals surface area contributed by atoms with Crippen LogP contribution < -0.4 is 0 Å². The molecule has 0 fully saturated rings. The number of fused-ring (bicyclic) bond motifs is 1. The molecule has 17 heavy (non-hydrogen) atoms. The van der Waals surface area contributed by atoms with Crippen LogP contribution in [-0.2, 0) is 11.3 Å². The van der Waals surface area contributed by atoms with E-state index in [4.69, 9.17) is 11.3 Å². The van der Waals surface area contributed by atoms with Crippen LogP contribution in [-0.4, -0.2) is 36.7 Å². The zero-order valence-electron chi connectivity index (χ0n) is 10.4. The molecule has 2 rings (SSSR count). The second kappa shape index (κ2) is 8.25. The number of hydrogen-bond acceptors (Lipinski definition) is 3. The van der Waals surface area contributed by atoms with Crippen LogP contribution in [0.15, 0.2) is 48.5 Å². The number of benzene rings is 2. The van der Waals surface area contributed by atoms with Crippen molar-refractivity contribution >= 4 is 26.1 Å². The van der Waals surface area contributed by atoms with Crippen LogP contribution in [0.5, 0.6) is 0 Å². The maximum absolute atomic E-state index is 4.79. The number of rotatable bonds is 3. The maximum Gasteiger partial charge on any atom is -0.0184 e. The molecule has 0 bridgehead atoms. The molecule has 0 unspecified atom stereocenters. The summed E-state index contributed by atoms with van der Waals surface area (Å²) in [7, 11) is 4.78. The van der Waals surface area contributed by atoms with Crippen molar-refractivity contribution in [2.24, 2.45) is 0 Å². The predicted molar refractivity (Wildman–Crippen MR) is 72.1 cm³/mol. The fourth-order valence-electron chi connectivity index (χ4n) is 1.42. The van der Waals surface area contributed by atoms with E-state index in [1.54, 1.807) is 21.3 Å². The largest absolute Gasteiger partial charge is 0.0616 e. The molecule has 4 heteroatoms. The molecule has 2 aromatic carbocycles. The van der Waals surface area contributed by atoms with E-state index in [0.29, 0.717) is 0 Å². The van der Waals surface area contributed by atoms with E-state index in [1.165, 1.54) is 10.8 Å². The molecule has 0 heterocycles. The molecule has 2 aromatic rings. The minimum absolute atomic E-state index is 1.31.